The molecule has 0 N–H and O–H groups in total. The van der Waals surface area contributed by atoms with Gasteiger partial charge in [0.25, 0.3) is 0 Å². The van der Waals surface area contributed by atoms with Crippen molar-refractivity contribution in [1.82, 2.24) is 0 Å². The largest absolute Gasteiger partial charge is 0.298 e. The van der Waals surface area contributed by atoms with E-state index < -0.39 is 0 Å². The normalized spacial score (nSPS) is 10.0. The molecule has 14 heavy (non-hydrogen) atoms. The Kier molecular flexibility index (Phi) is 2.11. The first-order chi connectivity index (χ1) is 6.86. The van der Waals surface area contributed by atoms with E-state index in [0.717, 1.165) is 23.3 Å². The van der Waals surface area contributed by atoms with Crippen molar-refractivity contribution in [2.24, 2.45) is 0 Å². The number of carbonyl (C=O) groups excluding carboxylic acids is 2. The molecule has 0 radical (unpaired) electrons. The van der Waals surface area contributed by atoms with E-state index in [4.69, 9.17) is 0 Å². The minimum absolute atomic E-state index is 0.560. The fourth-order valence-corrected chi connectivity index (χ4v) is 1.60. The van der Waals surface area contributed by atoms with Gasteiger partial charge in [-0.3, -0.25) is 9.59 Å². The smallest absolute Gasteiger partial charge is 0.150 e. The average Bonchev–Trinajstić information content (AvgIpc) is 2.27. The molecule has 2 aromatic carbocycles. The molecule has 2 nitrogen and oxygen atoms in total. The zero-order chi connectivity index (χ0) is 9.97. The van der Waals surface area contributed by atoms with Gasteiger partial charge in [-0.15, -0.1) is 0 Å². The van der Waals surface area contributed by atoms with Crippen molar-refractivity contribution in [1.29, 1.82) is 0 Å². The van der Waals surface area contributed by atoms with Crippen LogP contribution in [0.15, 0.2) is 36.4 Å². The van der Waals surface area contributed by atoms with Gasteiger partial charge < -0.3 is 0 Å². The van der Waals surface area contributed by atoms with Crippen molar-refractivity contribution < 1.29 is 9.59 Å². The second kappa shape index (κ2) is 3.42. The molecule has 0 bridgehead atoms. The highest BCUT2D eigenvalue weighted by Crippen LogP contribution is 2.20. The third-order valence-electron chi connectivity index (χ3n) is 2.22. The van der Waals surface area contributed by atoms with Crippen molar-refractivity contribution in [3.05, 3.63) is 47.5 Å². The Morgan fingerprint density at radius 2 is 1.29 bits per heavy atom. The second-order valence-corrected chi connectivity index (χ2v) is 3.03. The first-order valence-corrected chi connectivity index (χ1v) is 4.29. The summed E-state index contributed by atoms with van der Waals surface area (Å²) in [4.78, 5) is 21.5. The standard InChI is InChI=1S/C12H8O2/c13-7-10-5-1-3-9-4-2-6-11(8-14)12(9)10/h1-8H. The lowest BCUT2D eigenvalue weighted by atomic mass is 10.0. The van der Waals surface area contributed by atoms with E-state index in [1.54, 1.807) is 24.3 Å². The van der Waals surface area contributed by atoms with Gasteiger partial charge in [-0.25, -0.2) is 0 Å². The molecule has 68 valence electrons. The lowest BCUT2D eigenvalue weighted by Gasteiger charge is -2.02. The summed E-state index contributed by atoms with van der Waals surface area (Å²) in [6.45, 7) is 0. The number of hydrogen-bond acceptors (Lipinski definition) is 2. The zero-order valence-electron chi connectivity index (χ0n) is 7.44. The summed E-state index contributed by atoms with van der Waals surface area (Å²) in [7, 11) is 0. The third-order valence-corrected chi connectivity index (χ3v) is 2.22. The molecule has 0 atom stereocenters. The van der Waals surface area contributed by atoms with Crippen LogP contribution in [0.2, 0.25) is 0 Å². The van der Waals surface area contributed by atoms with Crippen LogP contribution in [0, 0.1) is 0 Å². The van der Waals surface area contributed by atoms with Crippen LogP contribution in [-0.4, -0.2) is 12.6 Å². The van der Waals surface area contributed by atoms with E-state index in [2.05, 4.69) is 0 Å². The second-order valence-electron chi connectivity index (χ2n) is 3.03. The predicted octanol–water partition coefficient (Wildman–Crippen LogP) is 2.46. The number of fused-ring (bicyclic) bond motifs is 1. The van der Waals surface area contributed by atoms with Crippen molar-refractivity contribution in [3.63, 3.8) is 0 Å². The van der Waals surface area contributed by atoms with Gasteiger partial charge in [-0.2, -0.15) is 0 Å². The predicted molar refractivity (Wildman–Crippen MR) is 54.7 cm³/mol. The molecular weight excluding hydrogens is 176 g/mol. The van der Waals surface area contributed by atoms with E-state index in [1.807, 2.05) is 12.1 Å². The molecule has 2 heteroatoms. The van der Waals surface area contributed by atoms with Crippen LogP contribution in [0.3, 0.4) is 0 Å². The molecule has 0 aliphatic rings. The summed E-state index contributed by atoms with van der Waals surface area (Å²) in [5.74, 6) is 0. The lowest BCUT2D eigenvalue weighted by Crippen LogP contribution is -1.88. The Labute approximate surface area is 81.2 Å². The first-order valence-electron chi connectivity index (χ1n) is 4.29. The summed E-state index contributed by atoms with van der Waals surface area (Å²) >= 11 is 0. The highest BCUT2D eigenvalue weighted by molar-refractivity contribution is 6.06. The molecule has 0 aliphatic heterocycles. The van der Waals surface area contributed by atoms with E-state index >= 15 is 0 Å². The van der Waals surface area contributed by atoms with Gasteiger partial charge in [0.15, 0.2) is 12.6 Å². The monoisotopic (exact) mass is 184 g/mol. The van der Waals surface area contributed by atoms with E-state index in [9.17, 15) is 9.59 Å². The minimum Gasteiger partial charge on any atom is -0.298 e. The lowest BCUT2D eigenvalue weighted by molar-refractivity contribution is 0.112. The molecule has 0 heterocycles. The van der Waals surface area contributed by atoms with Gasteiger partial charge in [0.2, 0.25) is 0 Å². The summed E-state index contributed by atoms with van der Waals surface area (Å²) in [5, 5.41) is 1.65. The maximum atomic E-state index is 10.8. The summed E-state index contributed by atoms with van der Waals surface area (Å²) in [6, 6.07) is 10.8. The fraction of sp³-hybridized carbons (Fsp3) is 0. The van der Waals surface area contributed by atoms with Gasteiger partial charge >= 0.3 is 0 Å². The third kappa shape index (κ3) is 1.21. The summed E-state index contributed by atoms with van der Waals surface area (Å²) < 4.78 is 0. The van der Waals surface area contributed by atoms with Crippen molar-refractivity contribution in [2.75, 3.05) is 0 Å². The Hall–Kier alpha value is -1.96. The SMILES string of the molecule is O=Cc1cccc2cccc(C=O)c12. The van der Waals surface area contributed by atoms with Crippen LogP contribution in [-0.2, 0) is 0 Å². The molecule has 0 amide bonds. The molecule has 0 aromatic heterocycles. The number of rotatable bonds is 2. The van der Waals surface area contributed by atoms with Crippen molar-refractivity contribution in [3.8, 4) is 0 Å². The van der Waals surface area contributed by atoms with Gasteiger partial charge in [0, 0.05) is 16.5 Å². The van der Waals surface area contributed by atoms with Crippen LogP contribution >= 0.6 is 0 Å². The van der Waals surface area contributed by atoms with Gasteiger partial charge in [0.1, 0.15) is 0 Å². The quantitative estimate of drug-likeness (QED) is 0.672. The topological polar surface area (TPSA) is 34.1 Å². The van der Waals surface area contributed by atoms with Crippen LogP contribution in [0.4, 0.5) is 0 Å². The minimum atomic E-state index is 0.560. The molecule has 0 saturated carbocycles. The highest BCUT2D eigenvalue weighted by atomic mass is 16.1. The van der Waals surface area contributed by atoms with Crippen LogP contribution in [0.1, 0.15) is 20.7 Å². The average molecular weight is 184 g/mol. The highest BCUT2D eigenvalue weighted by Gasteiger charge is 2.03. The van der Waals surface area contributed by atoms with Crippen LogP contribution in [0.5, 0.6) is 0 Å². The maximum Gasteiger partial charge on any atom is 0.150 e. The number of hydrogen-bond donors (Lipinski definition) is 0. The Morgan fingerprint density at radius 3 is 1.71 bits per heavy atom. The molecule has 2 aromatic rings. The molecular formula is C12H8O2. The molecule has 0 fully saturated rings. The van der Waals surface area contributed by atoms with Gasteiger partial charge in [0.05, 0.1) is 0 Å². The van der Waals surface area contributed by atoms with Gasteiger partial charge in [-0.1, -0.05) is 36.4 Å². The Bertz CT molecular complexity index is 458. The van der Waals surface area contributed by atoms with Gasteiger partial charge in [-0.05, 0) is 5.39 Å². The van der Waals surface area contributed by atoms with Crippen LogP contribution in [0.25, 0.3) is 10.8 Å². The number of benzene rings is 2. The molecule has 0 saturated heterocycles. The maximum absolute atomic E-state index is 10.8. The molecule has 0 unspecified atom stereocenters. The summed E-state index contributed by atoms with van der Waals surface area (Å²) in [5.41, 5.74) is 1.12. The molecule has 0 spiro atoms. The summed E-state index contributed by atoms with van der Waals surface area (Å²) in [6.07, 6.45) is 1.55. The van der Waals surface area contributed by atoms with Crippen LogP contribution < -0.4 is 0 Å². The zero-order valence-corrected chi connectivity index (χ0v) is 7.44. The van der Waals surface area contributed by atoms with E-state index in [-0.39, 0.29) is 0 Å². The first kappa shape index (κ1) is 8.63. The van der Waals surface area contributed by atoms with E-state index in [0.29, 0.717) is 11.1 Å². The Balaban J connectivity index is 2.94. The fourth-order valence-electron chi connectivity index (χ4n) is 1.60. The Morgan fingerprint density at radius 1 is 0.786 bits per heavy atom. The van der Waals surface area contributed by atoms with E-state index in [1.165, 1.54) is 0 Å². The number of aldehydes is 2. The molecule has 2 rings (SSSR count). The van der Waals surface area contributed by atoms with Crippen molar-refractivity contribution >= 4 is 23.3 Å². The molecule has 0 aliphatic carbocycles. The number of carbonyl (C=O) groups is 2. The van der Waals surface area contributed by atoms with Crippen molar-refractivity contribution in [2.45, 2.75) is 0 Å².